The van der Waals surface area contributed by atoms with Crippen LogP contribution in [0.3, 0.4) is 0 Å². The number of aliphatic hydroxyl groups is 1. The smallest absolute Gasteiger partial charge is 0.0977 e. The average Bonchev–Trinajstić information content (AvgIpc) is 2.78. The molecule has 0 spiro atoms. The van der Waals surface area contributed by atoms with Crippen LogP contribution < -0.4 is 5.73 Å². The van der Waals surface area contributed by atoms with Gasteiger partial charge in [0.1, 0.15) is 0 Å². The summed E-state index contributed by atoms with van der Waals surface area (Å²) >= 11 is 4.91. The van der Waals surface area contributed by atoms with E-state index in [1.165, 1.54) is 11.3 Å². The molecule has 2 unspecified atom stereocenters. The van der Waals surface area contributed by atoms with Gasteiger partial charge in [-0.3, -0.25) is 4.98 Å². The third kappa shape index (κ3) is 2.93. The number of hydrogen-bond acceptors (Lipinski definition) is 4. The van der Waals surface area contributed by atoms with E-state index in [-0.39, 0.29) is 5.92 Å². The lowest BCUT2D eigenvalue weighted by Gasteiger charge is -2.19. The second-order valence-electron chi connectivity index (χ2n) is 3.68. The zero-order valence-corrected chi connectivity index (χ0v) is 11.5. The molecule has 0 aliphatic rings. The first-order valence-corrected chi connectivity index (χ1v) is 6.87. The average molecular weight is 313 g/mol. The van der Waals surface area contributed by atoms with Gasteiger partial charge in [-0.1, -0.05) is 6.07 Å². The van der Waals surface area contributed by atoms with Crippen molar-refractivity contribution in [3.05, 3.63) is 50.9 Å². The van der Waals surface area contributed by atoms with Gasteiger partial charge in [0.2, 0.25) is 0 Å². The SMILES string of the molecule is NCC(c1ccccn1)C(O)c1ccc(Br)s1. The number of thiophene rings is 1. The highest BCUT2D eigenvalue weighted by Crippen LogP contribution is 2.34. The van der Waals surface area contributed by atoms with Gasteiger partial charge in [-0.2, -0.15) is 0 Å². The Morgan fingerprint density at radius 3 is 2.71 bits per heavy atom. The van der Waals surface area contributed by atoms with Crippen LogP contribution in [-0.2, 0) is 0 Å². The number of rotatable bonds is 4. The predicted molar refractivity (Wildman–Crippen MR) is 73.0 cm³/mol. The summed E-state index contributed by atoms with van der Waals surface area (Å²) in [5, 5.41) is 10.3. The summed E-state index contributed by atoms with van der Waals surface area (Å²) in [6.45, 7) is 0.369. The Hall–Kier alpha value is -0.750. The first kappa shape index (κ1) is 12.7. The summed E-state index contributed by atoms with van der Waals surface area (Å²) in [4.78, 5) is 5.16. The van der Waals surface area contributed by atoms with Crippen molar-refractivity contribution in [2.45, 2.75) is 12.0 Å². The fourth-order valence-electron chi connectivity index (χ4n) is 1.69. The minimum absolute atomic E-state index is 0.165. The fourth-order valence-corrected chi connectivity index (χ4v) is 3.17. The molecule has 0 aliphatic heterocycles. The number of halogens is 1. The highest BCUT2D eigenvalue weighted by atomic mass is 79.9. The van der Waals surface area contributed by atoms with Gasteiger partial charge in [0.25, 0.3) is 0 Å². The third-order valence-corrected chi connectivity index (χ3v) is 4.28. The summed E-state index contributed by atoms with van der Waals surface area (Å²) in [5.74, 6) is -0.165. The molecule has 3 nitrogen and oxygen atoms in total. The van der Waals surface area contributed by atoms with Crippen molar-refractivity contribution in [1.29, 1.82) is 0 Å². The first-order valence-electron chi connectivity index (χ1n) is 5.26. The van der Waals surface area contributed by atoms with Crippen molar-refractivity contribution in [2.75, 3.05) is 6.54 Å². The van der Waals surface area contributed by atoms with Crippen LogP contribution in [0.2, 0.25) is 0 Å². The van der Waals surface area contributed by atoms with Crippen LogP contribution in [0.4, 0.5) is 0 Å². The zero-order valence-electron chi connectivity index (χ0n) is 9.08. The maximum atomic E-state index is 10.3. The van der Waals surface area contributed by atoms with Gasteiger partial charge in [-0.25, -0.2) is 0 Å². The minimum atomic E-state index is -0.605. The zero-order chi connectivity index (χ0) is 12.3. The number of pyridine rings is 1. The standard InChI is InChI=1S/C12H13BrN2OS/c13-11-5-4-10(17-11)12(16)8(7-14)9-3-1-2-6-15-9/h1-6,8,12,16H,7,14H2. The monoisotopic (exact) mass is 312 g/mol. The molecule has 2 rings (SSSR count). The van der Waals surface area contributed by atoms with Crippen LogP contribution in [0.1, 0.15) is 22.6 Å². The van der Waals surface area contributed by atoms with Crippen LogP contribution in [-0.4, -0.2) is 16.6 Å². The first-order chi connectivity index (χ1) is 8.22. The van der Waals surface area contributed by atoms with Gasteiger partial charge >= 0.3 is 0 Å². The molecular formula is C12H13BrN2OS. The lowest BCUT2D eigenvalue weighted by Crippen LogP contribution is -2.20. The molecule has 2 heterocycles. The van der Waals surface area contributed by atoms with E-state index in [1.54, 1.807) is 6.20 Å². The molecule has 0 saturated heterocycles. The van der Waals surface area contributed by atoms with Crippen molar-refractivity contribution in [3.8, 4) is 0 Å². The van der Waals surface area contributed by atoms with Gasteiger partial charge in [-0.05, 0) is 40.2 Å². The minimum Gasteiger partial charge on any atom is -0.387 e. The molecule has 0 radical (unpaired) electrons. The van der Waals surface area contributed by atoms with Gasteiger partial charge < -0.3 is 10.8 Å². The molecule has 2 aromatic heterocycles. The maximum Gasteiger partial charge on any atom is 0.0977 e. The van der Waals surface area contributed by atoms with Crippen LogP contribution in [0, 0.1) is 0 Å². The van der Waals surface area contributed by atoms with Crippen molar-refractivity contribution in [1.82, 2.24) is 4.98 Å². The molecule has 0 saturated carbocycles. The Balaban J connectivity index is 2.25. The van der Waals surface area contributed by atoms with E-state index in [0.717, 1.165) is 14.4 Å². The van der Waals surface area contributed by atoms with E-state index in [0.29, 0.717) is 6.54 Å². The Morgan fingerprint density at radius 2 is 2.18 bits per heavy atom. The lowest BCUT2D eigenvalue weighted by molar-refractivity contribution is 0.149. The number of aliphatic hydroxyl groups excluding tert-OH is 1. The van der Waals surface area contributed by atoms with E-state index in [2.05, 4.69) is 20.9 Å². The third-order valence-electron chi connectivity index (χ3n) is 2.59. The van der Waals surface area contributed by atoms with Crippen molar-refractivity contribution >= 4 is 27.3 Å². The van der Waals surface area contributed by atoms with E-state index >= 15 is 0 Å². The molecule has 3 N–H and O–H groups in total. The van der Waals surface area contributed by atoms with Crippen molar-refractivity contribution < 1.29 is 5.11 Å². The van der Waals surface area contributed by atoms with Crippen LogP contribution in [0.15, 0.2) is 40.3 Å². The molecule has 0 fully saturated rings. The number of hydrogen-bond donors (Lipinski definition) is 2. The highest BCUT2D eigenvalue weighted by Gasteiger charge is 2.23. The summed E-state index contributed by atoms with van der Waals surface area (Å²) in [6, 6.07) is 9.48. The molecule has 90 valence electrons. The number of nitrogens with two attached hydrogens (primary N) is 1. The van der Waals surface area contributed by atoms with E-state index in [9.17, 15) is 5.11 Å². The second kappa shape index (κ2) is 5.73. The Labute approximate surface area is 112 Å². The number of nitrogens with zero attached hydrogens (tertiary/aromatic N) is 1. The van der Waals surface area contributed by atoms with Crippen molar-refractivity contribution in [2.24, 2.45) is 5.73 Å². The molecule has 0 bridgehead atoms. The van der Waals surface area contributed by atoms with Crippen molar-refractivity contribution in [3.63, 3.8) is 0 Å². The van der Waals surface area contributed by atoms with E-state index in [4.69, 9.17) is 5.73 Å². The molecule has 2 aromatic rings. The molecule has 2 atom stereocenters. The lowest BCUT2D eigenvalue weighted by atomic mass is 9.97. The topological polar surface area (TPSA) is 59.1 Å². The molecule has 17 heavy (non-hydrogen) atoms. The van der Waals surface area contributed by atoms with Crippen LogP contribution in [0.5, 0.6) is 0 Å². The predicted octanol–water partition coefficient (Wildman–Crippen LogP) is 2.68. The normalized spacial score (nSPS) is 14.5. The van der Waals surface area contributed by atoms with Gasteiger partial charge in [0.15, 0.2) is 0 Å². The molecule has 5 heteroatoms. The Morgan fingerprint density at radius 1 is 1.35 bits per heavy atom. The summed E-state index contributed by atoms with van der Waals surface area (Å²) in [5.41, 5.74) is 6.57. The molecule has 0 amide bonds. The quantitative estimate of drug-likeness (QED) is 0.912. The van der Waals surface area contributed by atoms with Gasteiger partial charge in [0.05, 0.1) is 9.89 Å². The molecule has 0 aromatic carbocycles. The fraction of sp³-hybridized carbons (Fsp3) is 0.250. The maximum absolute atomic E-state index is 10.3. The summed E-state index contributed by atoms with van der Waals surface area (Å²) in [7, 11) is 0. The van der Waals surface area contributed by atoms with E-state index in [1.807, 2.05) is 30.3 Å². The highest BCUT2D eigenvalue weighted by molar-refractivity contribution is 9.11. The molecular weight excluding hydrogens is 300 g/mol. The van der Waals surface area contributed by atoms with E-state index < -0.39 is 6.10 Å². The number of aromatic nitrogens is 1. The second-order valence-corrected chi connectivity index (χ2v) is 6.18. The Bertz CT molecular complexity index is 474. The van der Waals surface area contributed by atoms with Crippen LogP contribution >= 0.6 is 27.3 Å². The Kier molecular flexibility index (Phi) is 4.28. The van der Waals surface area contributed by atoms with Gasteiger partial charge in [-0.15, -0.1) is 11.3 Å². The van der Waals surface area contributed by atoms with Crippen LogP contribution in [0.25, 0.3) is 0 Å². The van der Waals surface area contributed by atoms with Gasteiger partial charge in [0, 0.05) is 29.2 Å². The summed E-state index contributed by atoms with van der Waals surface area (Å²) < 4.78 is 1.00. The largest absolute Gasteiger partial charge is 0.387 e. The molecule has 0 aliphatic carbocycles. The summed E-state index contributed by atoms with van der Waals surface area (Å²) in [6.07, 6.45) is 1.11.